The summed E-state index contributed by atoms with van der Waals surface area (Å²) in [6.07, 6.45) is 0. The summed E-state index contributed by atoms with van der Waals surface area (Å²) >= 11 is 3.41. The Labute approximate surface area is 181 Å². The summed E-state index contributed by atoms with van der Waals surface area (Å²) in [4.78, 5) is 17.3. The highest BCUT2D eigenvalue weighted by Crippen LogP contribution is 2.23. The van der Waals surface area contributed by atoms with Gasteiger partial charge in [0, 0.05) is 15.7 Å². The molecular weight excluding hydrogens is 447 g/mol. The van der Waals surface area contributed by atoms with Crippen molar-refractivity contribution in [2.45, 2.75) is 13.8 Å². The highest BCUT2D eigenvalue weighted by atomic mass is 79.9. The molecule has 5 nitrogen and oxygen atoms in total. The first-order chi connectivity index (χ1) is 14.4. The fourth-order valence-electron chi connectivity index (χ4n) is 2.96. The standard InChI is InChI=1S/C23H18BrFN4O/c1-14-3-10-19(13-15(14)2)26-23(30)21-27-22(16-4-8-18(25)9-5-16)29(28-21)20-11-6-17(24)7-12-20/h3-13H,1-2H3,(H,26,30). The second kappa shape index (κ2) is 8.20. The van der Waals surface area contributed by atoms with E-state index in [1.54, 1.807) is 16.8 Å². The highest BCUT2D eigenvalue weighted by Gasteiger charge is 2.19. The number of aromatic nitrogens is 3. The number of carbonyl (C=O) groups is 1. The number of benzene rings is 3. The molecule has 30 heavy (non-hydrogen) atoms. The molecule has 4 aromatic rings. The Morgan fingerprint density at radius 3 is 2.33 bits per heavy atom. The van der Waals surface area contributed by atoms with Crippen molar-refractivity contribution in [1.29, 1.82) is 0 Å². The number of nitrogens with one attached hydrogen (secondary N) is 1. The smallest absolute Gasteiger partial charge is 0.295 e. The van der Waals surface area contributed by atoms with Crippen LogP contribution in [0.1, 0.15) is 21.7 Å². The zero-order chi connectivity index (χ0) is 21.3. The molecule has 1 amide bonds. The van der Waals surface area contributed by atoms with E-state index in [2.05, 4.69) is 31.3 Å². The van der Waals surface area contributed by atoms with Gasteiger partial charge in [-0.25, -0.2) is 14.1 Å². The van der Waals surface area contributed by atoms with E-state index in [1.165, 1.54) is 12.1 Å². The second-order valence-electron chi connectivity index (χ2n) is 6.91. The normalized spacial score (nSPS) is 10.8. The third kappa shape index (κ3) is 4.16. The minimum atomic E-state index is -0.419. The van der Waals surface area contributed by atoms with Crippen LogP contribution in [0.3, 0.4) is 0 Å². The van der Waals surface area contributed by atoms with E-state index in [4.69, 9.17) is 0 Å². The third-order valence-corrected chi connectivity index (χ3v) is 5.28. The van der Waals surface area contributed by atoms with Crippen LogP contribution in [-0.4, -0.2) is 20.7 Å². The molecule has 1 N–H and O–H groups in total. The number of amides is 1. The molecule has 1 heterocycles. The fraction of sp³-hybridized carbons (Fsp3) is 0.0870. The largest absolute Gasteiger partial charge is 0.319 e. The lowest BCUT2D eigenvalue weighted by Gasteiger charge is -2.06. The molecule has 0 fully saturated rings. The molecule has 150 valence electrons. The van der Waals surface area contributed by atoms with Crippen molar-refractivity contribution in [3.05, 3.63) is 94.0 Å². The van der Waals surface area contributed by atoms with Crippen LogP contribution in [-0.2, 0) is 0 Å². The van der Waals surface area contributed by atoms with Crippen molar-refractivity contribution in [1.82, 2.24) is 14.8 Å². The first kappa shape index (κ1) is 20.0. The van der Waals surface area contributed by atoms with E-state index in [0.29, 0.717) is 17.1 Å². The Bertz CT molecular complexity index is 1150. The van der Waals surface area contributed by atoms with Gasteiger partial charge in [-0.15, -0.1) is 5.10 Å². The number of hydrogen-bond acceptors (Lipinski definition) is 3. The maximum atomic E-state index is 13.4. The van der Waals surface area contributed by atoms with Crippen molar-refractivity contribution in [3.63, 3.8) is 0 Å². The van der Waals surface area contributed by atoms with Gasteiger partial charge in [-0.05, 0) is 85.6 Å². The Morgan fingerprint density at radius 2 is 1.67 bits per heavy atom. The molecule has 0 saturated heterocycles. The average Bonchev–Trinajstić information content (AvgIpc) is 3.17. The molecule has 0 aliphatic heterocycles. The van der Waals surface area contributed by atoms with Gasteiger partial charge in [0.25, 0.3) is 5.91 Å². The first-order valence-corrected chi connectivity index (χ1v) is 10.1. The van der Waals surface area contributed by atoms with Crippen LogP contribution in [0.15, 0.2) is 71.2 Å². The Hall–Kier alpha value is -3.32. The topological polar surface area (TPSA) is 59.8 Å². The van der Waals surface area contributed by atoms with Gasteiger partial charge < -0.3 is 5.32 Å². The van der Waals surface area contributed by atoms with Crippen LogP contribution in [0.25, 0.3) is 17.1 Å². The van der Waals surface area contributed by atoms with Gasteiger partial charge in [0.2, 0.25) is 5.82 Å². The molecule has 1 aromatic heterocycles. The predicted octanol–water partition coefficient (Wildman–Crippen LogP) is 5.71. The van der Waals surface area contributed by atoms with E-state index in [-0.39, 0.29) is 11.6 Å². The van der Waals surface area contributed by atoms with Crippen molar-refractivity contribution < 1.29 is 9.18 Å². The van der Waals surface area contributed by atoms with Crippen molar-refractivity contribution >= 4 is 27.5 Å². The van der Waals surface area contributed by atoms with Crippen molar-refractivity contribution in [2.75, 3.05) is 5.32 Å². The maximum Gasteiger partial charge on any atom is 0.295 e. The zero-order valence-corrected chi connectivity index (χ0v) is 17.9. The minimum Gasteiger partial charge on any atom is -0.319 e. The molecule has 3 aromatic carbocycles. The predicted molar refractivity (Wildman–Crippen MR) is 118 cm³/mol. The highest BCUT2D eigenvalue weighted by molar-refractivity contribution is 9.10. The van der Waals surface area contributed by atoms with Crippen LogP contribution >= 0.6 is 15.9 Å². The zero-order valence-electron chi connectivity index (χ0n) is 16.4. The Kier molecular flexibility index (Phi) is 5.46. The molecule has 0 spiro atoms. The lowest BCUT2D eigenvalue weighted by Crippen LogP contribution is -2.14. The fourth-order valence-corrected chi connectivity index (χ4v) is 3.23. The van der Waals surface area contributed by atoms with Crippen molar-refractivity contribution in [3.8, 4) is 17.1 Å². The van der Waals surface area contributed by atoms with Crippen LogP contribution in [0.2, 0.25) is 0 Å². The summed E-state index contributed by atoms with van der Waals surface area (Å²) in [5.41, 5.74) is 4.27. The lowest BCUT2D eigenvalue weighted by molar-refractivity contribution is 0.101. The number of aryl methyl sites for hydroxylation is 2. The van der Waals surface area contributed by atoms with Crippen LogP contribution in [0, 0.1) is 19.7 Å². The molecule has 0 unspecified atom stereocenters. The summed E-state index contributed by atoms with van der Waals surface area (Å²) < 4.78 is 15.9. The number of halogens is 2. The van der Waals surface area contributed by atoms with Gasteiger partial charge in [-0.2, -0.15) is 0 Å². The van der Waals surface area contributed by atoms with Crippen LogP contribution in [0.4, 0.5) is 10.1 Å². The summed E-state index contributed by atoms with van der Waals surface area (Å²) in [6.45, 7) is 4.00. The number of anilines is 1. The second-order valence-corrected chi connectivity index (χ2v) is 7.82. The lowest BCUT2D eigenvalue weighted by atomic mass is 10.1. The van der Waals surface area contributed by atoms with Gasteiger partial charge in [-0.1, -0.05) is 22.0 Å². The molecule has 0 bridgehead atoms. The minimum absolute atomic E-state index is 0.0236. The van der Waals surface area contributed by atoms with E-state index in [0.717, 1.165) is 21.3 Å². The molecule has 4 rings (SSSR count). The summed E-state index contributed by atoms with van der Waals surface area (Å²) in [6, 6.07) is 19.1. The van der Waals surface area contributed by atoms with E-state index < -0.39 is 5.91 Å². The summed E-state index contributed by atoms with van der Waals surface area (Å²) in [5.74, 6) is -0.295. The van der Waals surface area contributed by atoms with E-state index in [1.807, 2.05) is 56.3 Å². The van der Waals surface area contributed by atoms with Gasteiger partial charge in [0.1, 0.15) is 5.82 Å². The van der Waals surface area contributed by atoms with Crippen LogP contribution in [0.5, 0.6) is 0 Å². The number of hydrogen-bond donors (Lipinski definition) is 1. The van der Waals surface area contributed by atoms with Crippen molar-refractivity contribution in [2.24, 2.45) is 0 Å². The molecule has 0 atom stereocenters. The Morgan fingerprint density at radius 1 is 0.967 bits per heavy atom. The first-order valence-electron chi connectivity index (χ1n) is 9.28. The molecule has 0 aliphatic carbocycles. The average molecular weight is 465 g/mol. The van der Waals surface area contributed by atoms with E-state index >= 15 is 0 Å². The van der Waals surface area contributed by atoms with Gasteiger partial charge >= 0.3 is 0 Å². The van der Waals surface area contributed by atoms with Crippen LogP contribution < -0.4 is 5.32 Å². The van der Waals surface area contributed by atoms with E-state index in [9.17, 15) is 9.18 Å². The monoisotopic (exact) mass is 464 g/mol. The number of carbonyl (C=O) groups excluding carboxylic acids is 1. The molecule has 0 aliphatic rings. The van der Waals surface area contributed by atoms with Gasteiger partial charge in [0.05, 0.1) is 5.69 Å². The molecule has 7 heteroatoms. The summed E-state index contributed by atoms with van der Waals surface area (Å²) in [7, 11) is 0. The number of rotatable bonds is 4. The quantitative estimate of drug-likeness (QED) is 0.420. The van der Waals surface area contributed by atoms with Gasteiger partial charge in [-0.3, -0.25) is 4.79 Å². The molecule has 0 radical (unpaired) electrons. The third-order valence-electron chi connectivity index (χ3n) is 4.75. The molecular formula is C23H18BrFN4O. The summed E-state index contributed by atoms with van der Waals surface area (Å²) in [5, 5.41) is 7.27. The van der Waals surface area contributed by atoms with Gasteiger partial charge in [0.15, 0.2) is 5.82 Å². The molecule has 0 saturated carbocycles. The Balaban J connectivity index is 1.74. The SMILES string of the molecule is Cc1ccc(NC(=O)c2nc(-c3ccc(F)cc3)n(-c3ccc(Br)cc3)n2)cc1C. The number of nitrogens with zero attached hydrogens (tertiary/aromatic N) is 3. The maximum absolute atomic E-state index is 13.4.